The van der Waals surface area contributed by atoms with E-state index in [1.807, 2.05) is 31.3 Å². The summed E-state index contributed by atoms with van der Waals surface area (Å²) in [5, 5.41) is 9.30. The van der Waals surface area contributed by atoms with Crippen LogP contribution < -0.4 is 15.8 Å². The first-order chi connectivity index (χ1) is 13.1. The number of aryl methyl sites for hydroxylation is 2. The monoisotopic (exact) mass is 387 g/mol. The fourth-order valence-electron chi connectivity index (χ4n) is 4.09. The van der Waals surface area contributed by atoms with Gasteiger partial charge in [0.15, 0.2) is 5.13 Å². The molecule has 0 aromatic carbocycles. The van der Waals surface area contributed by atoms with E-state index in [1.54, 1.807) is 10.7 Å². The van der Waals surface area contributed by atoms with Gasteiger partial charge in [-0.15, -0.1) is 11.3 Å². The minimum absolute atomic E-state index is 0.0335. The lowest BCUT2D eigenvalue weighted by Gasteiger charge is -2.36. The van der Waals surface area contributed by atoms with E-state index in [-0.39, 0.29) is 11.6 Å². The van der Waals surface area contributed by atoms with E-state index < -0.39 is 0 Å². The molecule has 3 heterocycles. The average Bonchev–Trinajstić information content (AvgIpc) is 3.10. The second-order valence-electron chi connectivity index (χ2n) is 7.89. The van der Waals surface area contributed by atoms with Crippen LogP contribution >= 0.6 is 11.3 Å². The SMILES string of the molecule is CC(C)n1nc(N2CCCCC2CNc2nc3c(s2)CCCC3)ccc1=O. The smallest absolute Gasteiger partial charge is 0.267 e. The molecule has 2 aromatic heterocycles. The molecule has 1 N–H and O–H groups in total. The summed E-state index contributed by atoms with van der Waals surface area (Å²) in [5.41, 5.74) is 1.27. The zero-order valence-corrected chi connectivity index (χ0v) is 17.1. The maximum Gasteiger partial charge on any atom is 0.267 e. The molecule has 1 aliphatic carbocycles. The Labute approximate surface area is 164 Å². The highest BCUT2D eigenvalue weighted by molar-refractivity contribution is 7.15. The highest BCUT2D eigenvalue weighted by Crippen LogP contribution is 2.30. The van der Waals surface area contributed by atoms with Crippen molar-refractivity contribution >= 4 is 22.3 Å². The number of hydrogen-bond donors (Lipinski definition) is 1. The van der Waals surface area contributed by atoms with Gasteiger partial charge < -0.3 is 10.2 Å². The first-order valence-electron chi connectivity index (χ1n) is 10.2. The van der Waals surface area contributed by atoms with Crippen LogP contribution in [0, 0.1) is 0 Å². The predicted octanol–water partition coefficient (Wildman–Crippen LogP) is 3.63. The third-order valence-corrected chi connectivity index (χ3v) is 6.67. The van der Waals surface area contributed by atoms with Crippen LogP contribution in [-0.2, 0) is 12.8 Å². The van der Waals surface area contributed by atoms with E-state index in [4.69, 9.17) is 4.98 Å². The summed E-state index contributed by atoms with van der Waals surface area (Å²) in [4.78, 5) is 20.7. The molecule has 2 aliphatic rings. The number of thiazole rings is 1. The molecule has 2 aromatic rings. The van der Waals surface area contributed by atoms with E-state index in [0.717, 1.165) is 36.9 Å². The number of nitrogens with one attached hydrogen (secondary N) is 1. The van der Waals surface area contributed by atoms with Crippen molar-refractivity contribution in [3.05, 3.63) is 33.1 Å². The molecule has 1 unspecified atom stereocenters. The molecule has 0 spiro atoms. The lowest BCUT2D eigenvalue weighted by atomic mass is 10.0. The standard InChI is InChI=1S/C20H29N5OS/c1-14(2)25-19(26)11-10-18(23-25)24-12-6-5-7-15(24)13-21-20-22-16-8-3-4-9-17(16)27-20/h10-11,14-15H,3-9,12-13H2,1-2H3,(H,21,22). The molecule has 1 fully saturated rings. The summed E-state index contributed by atoms with van der Waals surface area (Å²) in [5.74, 6) is 0.910. The predicted molar refractivity (Wildman–Crippen MR) is 111 cm³/mol. The van der Waals surface area contributed by atoms with Crippen LogP contribution in [0.1, 0.15) is 62.6 Å². The van der Waals surface area contributed by atoms with Gasteiger partial charge in [-0.1, -0.05) is 0 Å². The van der Waals surface area contributed by atoms with Crippen molar-refractivity contribution in [1.29, 1.82) is 0 Å². The summed E-state index contributed by atoms with van der Waals surface area (Å²) in [6.45, 7) is 5.86. The van der Waals surface area contributed by atoms with E-state index in [0.29, 0.717) is 6.04 Å². The van der Waals surface area contributed by atoms with Gasteiger partial charge in [-0.3, -0.25) is 4.79 Å². The average molecular weight is 388 g/mol. The van der Waals surface area contributed by atoms with Crippen LogP contribution in [0.5, 0.6) is 0 Å². The molecule has 1 aliphatic heterocycles. The van der Waals surface area contributed by atoms with E-state index >= 15 is 0 Å². The van der Waals surface area contributed by atoms with Crippen molar-refractivity contribution < 1.29 is 0 Å². The van der Waals surface area contributed by atoms with Crippen molar-refractivity contribution in [2.75, 3.05) is 23.3 Å². The number of piperidine rings is 1. The molecule has 0 amide bonds. The van der Waals surface area contributed by atoms with Gasteiger partial charge in [-0.2, -0.15) is 5.10 Å². The fraction of sp³-hybridized carbons (Fsp3) is 0.650. The Bertz CT molecular complexity index is 820. The lowest BCUT2D eigenvalue weighted by Crippen LogP contribution is -2.45. The Morgan fingerprint density at radius 2 is 2.07 bits per heavy atom. The third-order valence-electron chi connectivity index (χ3n) is 5.56. The normalized spacial score (nSPS) is 20.0. The van der Waals surface area contributed by atoms with Crippen LogP contribution in [0.3, 0.4) is 0 Å². The Morgan fingerprint density at radius 1 is 1.22 bits per heavy atom. The molecule has 4 rings (SSSR count). The number of rotatable bonds is 5. The Hall–Kier alpha value is -1.89. The molecule has 27 heavy (non-hydrogen) atoms. The molecule has 146 valence electrons. The summed E-state index contributed by atoms with van der Waals surface area (Å²) in [6.07, 6.45) is 8.42. The van der Waals surface area contributed by atoms with Crippen LogP contribution in [-0.4, -0.2) is 33.9 Å². The second-order valence-corrected chi connectivity index (χ2v) is 8.97. The summed E-state index contributed by atoms with van der Waals surface area (Å²) in [7, 11) is 0. The first kappa shape index (κ1) is 18.5. The number of fused-ring (bicyclic) bond motifs is 1. The van der Waals surface area contributed by atoms with E-state index in [2.05, 4.69) is 15.3 Å². The zero-order valence-electron chi connectivity index (χ0n) is 16.3. The Morgan fingerprint density at radius 3 is 2.89 bits per heavy atom. The first-order valence-corrected chi connectivity index (χ1v) is 11.0. The van der Waals surface area contributed by atoms with Gasteiger partial charge in [0.05, 0.1) is 11.7 Å². The summed E-state index contributed by atoms with van der Waals surface area (Å²) in [6, 6.07) is 3.98. The molecule has 0 saturated carbocycles. The maximum absolute atomic E-state index is 12.0. The van der Waals surface area contributed by atoms with Gasteiger partial charge in [0.25, 0.3) is 5.56 Å². The topological polar surface area (TPSA) is 63.1 Å². The quantitative estimate of drug-likeness (QED) is 0.849. The molecule has 7 heteroatoms. The zero-order chi connectivity index (χ0) is 18.8. The van der Waals surface area contributed by atoms with E-state index in [9.17, 15) is 4.79 Å². The van der Waals surface area contributed by atoms with Gasteiger partial charge >= 0.3 is 0 Å². The van der Waals surface area contributed by atoms with Crippen LogP contribution in [0.15, 0.2) is 16.9 Å². The molecular weight excluding hydrogens is 358 g/mol. The number of anilines is 2. The Balaban J connectivity index is 1.48. The highest BCUT2D eigenvalue weighted by atomic mass is 32.1. The molecule has 6 nitrogen and oxygen atoms in total. The molecular formula is C20H29N5OS. The lowest BCUT2D eigenvalue weighted by molar-refractivity contribution is 0.451. The van der Waals surface area contributed by atoms with Gasteiger partial charge in [0.1, 0.15) is 5.82 Å². The molecule has 0 bridgehead atoms. The van der Waals surface area contributed by atoms with Crippen molar-refractivity contribution in [3.63, 3.8) is 0 Å². The maximum atomic E-state index is 12.0. The molecule has 0 radical (unpaired) electrons. The van der Waals surface area contributed by atoms with Crippen LogP contribution in [0.25, 0.3) is 0 Å². The summed E-state index contributed by atoms with van der Waals surface area (Å²) < 4.78 is 1.59. The minimum Gasteiger partial charge on any atom is -0.359 e. The highest BCUT2D eigenvalue weighted by Gasteiger charge is 2.25. The second kappa shape index (κ2) is 8.00. The van der Waals surface area contributed by atoms with Gasteiger partial charge in [0.2, 0.25) is 0 Å². The van der Waals surface area contributed by atoms with Crippen molar-refractivity contribution in [2.24, 2.45) is 0 Å². The van der Waals surface area contributed by atoms with Crippen LogP contribution in [0.4, 0.5) is 10.9 Å². The minimum atomic E-state index is -0.0335. The summed E-state index contributed by atoms with van der Waals surface area (Å²) >= 11 is 1.83. The van der Waals surface area contributed by atoms with Gasteiger partial charge in [-0.05, 0) is 64.9 Å². The van der Waals surface area contributed by atoms with Gasteiger partial charge in [-0.25, -0.2) is 9.67 Å². The van der Waals surface area contributed by atoms with E-state index in [1.165, 1.54) is 42.7 Å². The number of nitrogens with zero attached hydrogens (tertiary/aromatic N) is 4. The number of aromatic nitrogens is 3. The molecule has 1 atom stereocenters. The van der Waals surface area contributed by atoms with Crippen LogP contribution in [0.2, 0.25) is 0 Å². The molecule has 1 saturated heterocycles. The number of hydrogen-bond acceptors (Lipinski definition) is 6. The largest absolute Gasteiger partial charge is 0.359 e. The fourth-order valence-corrected chi connectivity index (χ4v) is 5.14. The van der Waals surface area contributed by atoms with Crippen molar-refractivity contribution in [3.8, 4) is 0 Å². The third kappa shape index (κ3) is 4.03. The van der Waals surface area contributed by atoms with Crippen molar-refractivity contribution in [2.45, 2.75) is 70.9 Å². The van der Waals surface area contributed by atoms with Gasteiger partial charge in [0, 0.05) is 30.1 Å². The Kier molecular flexibility index (Phi) is 5.48. The van der Waals surface area contributed by atoms with Crippen molar-refractivity contribution in [1.82, 2.24) is 14.8 Å².